The Labute approximate surface area is 174 Å². The van der Waals surface area contributed by atoms with Gasteiger partial charge in [-0.05, 0) is 30.3 Å². The van der Waals surface area contributed by atoms with Crippen LogP contribution in [0.4, 0.5) is 11.5 Å². The van der Waals surface area contributed by atoms with Crippen molar-refractivity contribution in [2.24, 2.45) is 0 Å². The molecule has 0 aliphatic rings. The molecule has 0 unspecified atom stereocenters. The Morgan fingerprint density at radius 1 is 0.733 bits per heavy atom. The predicted molar refractivity (Wildman–Crippen MR) is 123 cm³/mol. The SMILES string of the molecule is O=c1cc(Nc2ccccc2)n(-c2ccccc2)c2cnc(-c3ccccc3)cc12. The number of rotatable bonds is 4. The lowest BCUT2D eigenvalue weighted by atomic mass is 10.1. The summed E-state index contributed by atoms with van der Waals surface area (Å²) < 4.78 is 2.03. The highest BCUT2D eigenvalue weighted by Gasteiger charge is 2.13. The van der Waals surface area contributed by atoms with Crippen molar-refractivity contribution in [1.82, 2.24) is 9.55 Å². The number of hydrogen-bond acceptors (Lipinski definition) is 3. The minimum atomic E-state index is -0.0461. The smallest absolute Gasteiger partial charge is 0.191 e. The summed E-state index contributed by atoms with van der Waals surface area (Å²) in [4.78, 5) is 17.7. The number of anilines is 2. The Balaban J connectivity index is 1.75. The molecule has 0 saturated heterocycles. The van der Waals surface area contributed by atoms with Gasteiger partial charge in [-0.25, -0.2) is 0 Å². The van der Waals surface area contributed by atoms with E-state index in [1.807, 2.05) is 102 Å². The zero-order valence-electron chi connectivity index (χ0n) is 16.2. The van der Waals surface area contributed by atoms with Gasteiger partial charge in [0.2, 0.25) is 0 Å². The zero-order valence-corrected chi connectivity index (χ0v) is 16.2. The molecule has 5 aromatic rings. The van der Waals surface area contributed by atoms with E-state index in [2.05, 4.69) is 10.3 Å². The first-order chi connectivity index (χ1) is 14.8. The zero-order chi connectivity index (χ0) is 20.3. The summed E-state index contributed by atoms with van der Waals surface area (Å²) in [5, 5.41) is 4.02. The van der Waals surface area contributed by atoms with Crippen molar-refractivity contribution in [3.63, 3.8) is 0 Å². The molecule has 2 aromatic heterocycles. The first-order valence-electron chi connectivity index (χ1n) is 9.78. The lowest BCUT2D eigenvalue weighted by Crippen LogP contribution is -2.13. The molecule has 0 bridgehead atoms. The maximum absolute atomic E-state index is 13.1. The number of para-hydroxylation sites is 2. The topological polar surface area (TPSA) is 46.9 Å². The molecular formula is C26H19N3O. The van der Waals surface area contributed by atoms with E-state index < -0.39 is 0 Å². The van der Waals surface area contributed by atoms with Crippen LogP contribution in [0.2, 0.25) is 0 Å². The maximum Gasteiger partial charge on any atom is 0.191 e. The fourth-order valence-corrected chi connectivity index (χ4v) is 3.60. The van der Waals surface area contributed by atoms with Crippen LogP contribution in [0.3, 0.4) is 0 Å². The van der Waals surface area contributed by atoms with Gasteiger partial charge < -0.3 is 5.32 Å². The van der Waals surface area contributed by atoms with Crippen LogP contribution in [0.25, 0.3) is 27.8 Å². The highest BCUT2D eigenvalue weighted by molar-refractivity contribution is 5.86. The van der Waals surface area contributed by atoms with Crippen LogP contribution in [0, 0.1) is 0 Å². The van der Waals surface area contributed by atoms with Crippen molar-refractivity contribution in [2.75, 3.05) is 5.32 Å². The van der Waals surface area contributed by atoms with Crippen molar-refractivity contribution >= 4 is 22.4 Å². The highest BCUT2D eigenvalue weighted by Crippen LogP contribution is 2.27. The van der Waals surface area contributed by atoms with Gasteiger partial charge in [-0.2, -0.15) is 0 Å². The van der Waals surface area contributed by atoms with Gasteiger partial charge in [-0.15, -0.1) is 0 Å². The lowest BCUT2D eigenvalue weighted by molar-refractivity contribution is 1.09. The third-order valence-corrected chi connectivity index (χ3v) is 5.03. The monoisotopic (exact) mass is 389 g/mol. The molecule has 4 nitrogen and oxygen atoms in total. The van der Waals surface area contributed by atoms with Crippen molar-refractivity contribution in [3.8, 4) is 16.9 Å². The Morgan fingerprint density at radius 2 is 1.37 bits per heavy atom. The van der Waals surface area contributed by atoms with E-state index in [0.717, 1.165) is 28.1 Å². The van der Waals surface area contributed by atoms with Crippen LogP contribution in [-0.2, 0) is 0 Å². The van der Waals surface area contributed by atoms with Gasteiger partial charge in [-0.1, -0.05) is 66.7 Å². The Kier molecular flexibility index (Phi) is 4.58. The van der Waals surface area contributed by atoms with Gasteiger partial charge >= 0.3 is 0 Å². The molecule has 144 valence electrons. The quantitative estimate of drug-likeness (QED) is 0.423. The maximum atomic E-state index is 13.1. The Hall–Kier alpha value is -4.18. The van der Waals surface area contributed by atoms with Gasteiger partial charge in [-0.3, -0.25) is 14.3 Å². The van der Waals surface area contributed by atoms with Gasteiger partial charge in [0, 0.05) is 28.4 Å². The van der Waals surface area contributed by atoms with Crippen molar-refractivity contribution in [3.05, 3.63) is 120 Å². The molecule has 0 aliphatic heterocycles. The van der Waals surface area contributed by atoms with Gasteiger partial charge in [0.25, 0.3) is 0 Å². The Bertz CT molecular complexity index is 1360. The number of benzene rings is 3. The van der Waals surface area contributed by atoms with Gasteiger partial charge in [0.15, 0.2) is 5.43 Å². The fourth-order valence-electron chi connectivity index (χ4n) is 3.60. The second-order valence-electron chi connectivity index (χ2n) is 7.01. The molecule has 5 rings (SSSR count). The number of nitrogens with one attached hydrogen (secondary N) is 1. The first-order valence-corrected chi connectivity index (χ1v) is 9.78. The molecule has 0 spiro atoms. The predicted octanol–water partition coefficient (Wildman–Crippen LogP) is 5.80. The largest absolute Gasteiger partial charge is 0.341 e. The van der Waals surface area contributed by atoms with E-state index in [4.69, 9.17) is 0 Å². The van der Waals surface area contributed by atoms with Crippen LogP contribution in [-0.4, -0.2) is 9.55 Å². The first kappa shape index (κ1) is 17.9. The fraction of sp³-hybridized carbons (Fsp3) is 0. The van der Waals surface area contributed by atoms with E-state index in [1.54, 1.807) is 12.3 Å². The Morgan fingerprint density at radius 3 is 2.07 bits per heavy atom. The summed E-state index contributed by atoms with van der Waals surface area (Å²) in [5.41, 5.74) is 4.34. The van der Waals surface area contributed by atoms with Gasteiger partial charge in [0.05, 0.1) is 17.4 Å². The summed E-state index contributed by atoms with van der Waals surface area (Å²) >= 11 is 0. The van der Waals surface area contributed by atoms with Crippen LogP contribution in [0.1, 0.15) is 0 Å². The molecule has 0 atom stereocenters. The standard InChI is InChI=1S/C26H19N3O/c30-25-17-26(28-20-12-6-2-7-13-20)29(21-14-8-3-9-15-21)24-18-27-23(16-22(24)25)19-10-4-1-5-11-19/h1-18,28H. The molecule has 0 saturated carbocycles. The molecule has 0 fully saturated rings. The highest BCUT2D eigenvalue weighted by atomic mass is 16.1. The molecule has 1 N–H and O–H groups in total. The summed E-state index contributed by atoms with van der Waals surface area (Å²) in [6.45, 7) is 0. The average Bonchev–Trinajstić information content (AvgIpc) is 2.81. The van der Waals surface area contributed by atoms with E-state index in [9.17, 15) is 4.79 Å². The van der Waals surface area contributed by atoms with Gasteiger partial charge in [0.1, 0.15) is 5.82 Å². The molecule has 3 aromatic carbocycles. The van der Waals surface area contributed by atoms with E-state index in [1.165, 1.54) is 0 Å². The average molecular weight is 389 g/mol. The summed E-state index contributed by atoms with van der Waals surface area (Å²) in [5.74, 6) is 0.694. The minimum Gasteiger partial charge on any atom is -0.341 e. The number of pyridine rings is 2. The third kappa shape index (κ3) is 3.35. The van der Waals surface area contributed by atoms with Crippen LogP contribution < -0.4 is 10.7 Å². The van der Waals surface area contributed by atoms with Crippen molar-refractivity contribution < 1.29 is 0 Å². The van der Waals surface area contributed by atoms with Crippen molar-refractivity contribution in [2.45, 2.75) is 0 Å². The summed E-state index contributed by atoms with van der Waals surface area (Å²) in [6.07, 6.45) is 1.78. The molecule has 2 heterocycles. The number of fused-ring (bicyclic) bond motifs is 1. The van der Waals surface area contributed by atoms with E-state index in [0.29, 0.717) is 11.2 Å². The van der Waals surface area contributed by atoms with Crippen LogP contribution >= 0.6 is 0 Å². The van der Waals surface area contributed by atoms with Crippen molar-refractivity contribution in [1.29, 1.82) is 0 Å². The minimum absolute atomic E-state index is 0.0461. The van der Waals surface area contributed by atoms with Crippen LogP contribution in [0.5, 0.6) is 0 Å². The third-order valence-electron chi connectivity index (χ3n) is 5.03. The number of hydrogen-bond donors (Lipinski definition) is 1. The van der Waals surface area contributed by atoms with E-state index in [-0.39, 0.29) is 5.43 Å². The molecule has 0 radical (unpaired) electrons. The number of nitrogens with zero attached hydrogens (tertiary/aromatic N) is 2. The second-order valence-corrected chi connectivity index (χ2v) is 7.01. The second kappa shape index (κ2) is 7.68. The molecule has 4 heteroatoms. The molecular weight excluding hydrogens is 370 g/mol. The van der Waals surface area contributed by atoms with E-state index >= 15 is 0 Å². The molecule has 30 heavy (non-hydrogen) atoms. The summed E-state index contributed by atoms with van der Waals surface area (Å²) in [7, 11) is 0. The normalized spacial score (nSPS) is 10.8. The molecule has 0 aliphatic carbocycles. The summed E-state index contributed by atoms with van der Waals surface area (Å²) in [6, 6.07) is 33.2. The number of aromatic nitrogens is 2. The molecule has 0 amide bonds. The van der Waals surface area contributed by atoms with Crippen LogP contribution in [0.15, 0.2) is 114 Å². The lowest BCUT2D eigenvalue weighted by Gasteiger charge is -2.18.